The zero-order valence-electron chi connectivity index (χ0n) is 17.8. The van der Waals surface area contributed by atoms with Crippen molar-refractivity contribution in [3.63, 3.8) is 0 Å². The number of amides is 2. The highest BCUT2D eigenvalue weighted by Crippen LogP contribution is 2.24. The molecule has 0 fully saturated rings. The topological polar surface area (TPSA) is 76.7 Å². The Bertz CT molecular complexity index is 1030. The number of carbonyl (C=O) groups excluding carboxylic acids is 2. The van der Waals surface area contributed by atoms with E-state index in [9.17, 15) is 9.59 Å². The average Bonchev–Trinajstić information content (AvgIpc) is 2.80. The number of para-hydroxylation sites is 2. The molecule has 0 saturated carbocycles. The van der Waals surface area contributed by atoms with Crippen LogP contribution in [0.2, 0.25) is 0 Å². The second kappa shape index (κ2) is 10.3. The molecule has 0 aliphatic rings. The van der Waals surface area contributed by atoms with Crippen LogP contribution in [0.1, 0.15) is 29.8 Å². The molecule has 0 saturated heterocycles. The Kier molecular flexibility index (Phi) is 7.27. The first kappa shape index (κ1) is 21.9. The third-order valence-electron chi connectivity index (χ3n) is 4.78. The van der Waals surface area contributed by atoms with E-state index in [1.54, 1.807) is 50.4 Å². The van der Waals surface area contributed by atoms with Crippen LogP contribution in [-0.2, 0) is 11.2 Å². The van der Waals surface area contributed by atoms with Gasteiger partial charge in [0.1, 0.15) is 11.5 Å². The third-order valence-corrected chi connectivity index (χ3v) is 4.78. The van der Waals surface area contributed by atoms with Crippen molar-refractivity contribution >= 4 is 23.2 Å². The fourth-order valence-electron chi connectivity index (χ4n) is 2.95. The van der Waals surface area contributed by atoms with Gasteiger partial charge >= 0.3 is 0 Å². The number of methoxy groups -OCH3 is 1. The average molecular weight is 418 g/mol. The van der Waals surface area contributed by atoms with E-state index in [4.69, 9.17) is 9.47 Å². The van der Waals surface area contributed by atoms with Gasteiger partial charge in [0.15, 0.2) is 6.10 Å². The highest BCUT2D eigenvalue weighted by atomic mass is 16.5. The van der Waals surface area contributed by atoms with Crippen LogP contribution in [0, 0.1) is 0 Å². The summed E-state index contributed by atoms with van der Waals surface area (Å²) in [4.78, 5) is 24.9. The van der Waals surface area contributed by atoms with Crippen molar-refractivity contribution in [3.05, 3.63) is 83.9 Å². The number of ether oxygens (including phenoxy) is 2. The molecule has 1 atom stereocenters. The number of carbonyl (C=O) groups is 2. The number of nitrogens with one attached hydrogen (secondary N) is 2. The summed E-state index contributed by atoms with van der Waals surface area (Å²) in [6.45, 7) is 3.76. The summed E-state index contributed by atoms with van der Waals surface area (Å²) in [5.41, 5.74) is 2.98. The third kappa shape index (κ3) is 5.85. The molecular weight excluding hydrogens is 392 g/mol. The van der Waals surface area contributed by atoms with E-state index in [0.717, 1.165) is 12.1 Å². The fraction of sp³-hybridized carbons (Fsp3) is 0.200. The Morgan fingerprint density at radius 2 is 1.58 bits per heavy atom. The Labute approximate surface area is 182 Å². The molecule has 0 aliphatic carbocycles. The van der Waals surface area contributed by atoms with Gasteiger partial charge in [-0.2, -0.15) is 0 Å². The van der Waals surface area contributed by atoms with E-state index in [-0.39, 0.29) is 11.8 Å². The highest BCUT2D eigenvalue weighted by Gasteiger charge is 2.16. The molecule has 2 amide bonds. The van der Waals surface area contributed by atoms with E-state index >= 15 is 0 Å². The molecule has 160 valence electrons. The van der Waals surface area contributed by atoms with Crippen LogP contribution in [0.25, 0.3) is 0 Å². The Morgan fingerprint density at radius 1 is 0.903 bits per heavy atom. The summed E-state index contributed by atoms with van der Waals surface area (Å²) in [5.74, 6) is 0.567. The molecule has 0 aliphatic heterocycles. The molecule has 31 heavy (non-hydrogen) atoms. The molecule has 0 heterocycles. The van der Waals surface area contributed by atoms with Crippen LogP contribution in [-0.4, -0.2) is 25.0 Å². The lowest BCUT2D eigenvalue weighted by Gasteiger charge is -2.15. The molecule has 3 aromatic rings. The number of hydrogen-bond acceptors (Lipinski definition) is 4. The normalized spacial score (nSPS) is 11.3. The van der Waals surface area contributed by atoms with Crippen LogP contribution in [0.3, 0.4) is 0 Å². The minimum atomic E-state index is -0.695. The van der Waals surface area contributed by atoms with Crippen LogP contribution in [0.5, 0.6) is 11.5 Å². The van der Waals surface area contributed by atoms with Crippen molar-refractivity contribution < 1.29 is 19.1 Å². The van der Waals surface area contributed by atoms with Crippen LogP contribution < -0.4 is 20.1 Å². The molecule has 0 bridgehead atoms. The van der Waals surface area contributed by atoms with Crippen LogP contribution in [0.4, 0.5) is 11.4 Å². The summed E-state index contributed by atoms with van der Waals surface area (Å²) >= 11 is 0. The number of benzene rings is 3. The van der Waals surface area contributed by atoms with E-state index in [2.05, 4.69) is 17.6 Å². The zero-order valence-corrected chi connectivity index (χ0v) is 17.8. The van der Waals surface area contributed by atoms with Gasteiger partial charge in [-0.25, -0.2) is 0 Å². The highest BCUT2D eigenvalue weighted by molar-refractivity contribution is 6.05. The van der Waals surface area contributed by atoms with Gasteiger partial charge in [0.05, 0.1) is 12.8 Å². The minimum Gasteiger partial charge on any atom is -0.495 e. The number of anilines is 2. The monoisotopic (exact) mass is 418 g/mol. The van der Waals surface area contributed by atoms with Gasteiger partial charge in [-0.3, -0.25) is 9.59 Å². The van der Waals surface area contributed by atoms with E-state index < -0.39 is 6.10 Å². The summed E-state index contributed by atoms with van der Waals surface area (Å²) in [6, 6.07) is 21.5. The number of rotatable bonds is 8. The predicted molar refractivity (Wildman–Crippen MR) is 122 cm³/mol. The zero-order chi connectivity index (χ0) is 22.2. The largest absolute Gasteiger partial charge is 0.495 e. The maximum atomic E-state index is 12.5. The molecule has 2 N–H and O–H groups in total. The summed E-state index contributed by atoms with van der Waals surface area (Å²) in [5, 5.41) is 5.66. The lowest BCUT2D eigenvalue weighted by atomic mass is 10.1. The predicted octanol–water partition coefficient (Wildman–Crippen LogP) is 4.92. The molecule has 1 unspecified atom stereocenters. The number of hydrogen-bond donors (Lipinski definition) is 2. The van der Waals surface area contributed by atoms with Crippen LogP contribution in [0.15, 0.2) is 72.8 Å². The van der Waals surface area contributed by atoms with Gasteiger partial charge in [-0.15, -0.1) is 0 Å². The first-order valence-corrected chi connectivity index (χ1v) is 10.1. The van der Waals surface area contributed by atoms with Gasteiger partial charge < -0.3 is 20.1 Å². The van der Waals surface area contributed by atoms with Crippen molar-refractivity contribution in [1.82, 2.24) is 0 Å². The lowest BCUT2D eigenvalue weighted by molar-refractivity contribution is -0.122. The van der Waals surface area contributed by atoms with Gasteiger partial charge in [0.25, 0.3) is 11.8 Å². The Morgan fingerprint density at radius 3 is 2.23 bits per heavy atom. The van der Waals surface area contributed by atoms with E-state index in [1.807, 2.05) is 36.4 Å². The first-order chi connectivity index (χ1) is 15.0. The van der Waals surface area contributed by atoms with Crippen LogP contribution >= 0.6 is 0 Å². The molecular formula is C25H26N2O4. The molecule has 0 spiro atoms. The maximum absolute atomic E-state index is 12.5. The van der Waals surface area contributed by atoms with Gasteiger partial charge in [-0.05, 0) is 67.4 Å². The fourth-order valence-corrected chi connectivity index (χ4v) is 2.95. The lowest BCUT2D eigenvalue weighted by Crippen LogP contribution is -2.30. The van der Waals surface area contributed by atoms with Crippen molar-refractivity contribution in [2.24, 2.45) is 0 Å². The van der Waals surface area contributed by atoms with Crippen molar-refractivity contribution in [2.75, 3.05) is 17.7 Å². The Balaban J connectivity index is 1.57. The second-order valence-corrected chi connectivity index (χ2v) is 6.98. The summed E-state index contributed by atoms with van der Waals surface area (Å²) in [7, 11) is 1.55. The van der Waals surface area contributed by atoms with Gasteiger partial charge in [-0.1, -0.05) is 31.2 Å². The smallest absolute Gasteiger partial charge is 0.265 e. The standard InChI is InChI=1S/C25H26N2O4/c1-4-18-9-13-20(14-10-18)26-24(28)17(2)31-21-15-11-19(12-16-21)25(29)27-22-7-5-6-8-23(22)30-3/h5-17H,4H2,1-3H3,(H,26,28)(H,27,29). The molecule has 3 aromatic carbocycles. The molecule has 0 radical (unpaired) electrons. The maximum Gasteiger partial charge on any atom is 0.265 e. The molecule has 6 heteroatoms. The Hall–Kier alpha value is -3.80. The van der Waals surface area contributed by atoms with E-state index in [0.29, 0.717) is 22.7 Å². The first-order valence-electron chi connectivity index (χ1n) is 10.1. The molecule has 0 aromatic heterocycles. The van der Waals surface area contributed by atoms with Crippen molar-refractivity contribution in [2.45, 2.75) is 26.4 Å². The minimum absolute atomic E-state index is 0.248. The quantitative estimate of drug-likeness (QED) is 0.545. The van der Waals surface area contributed by atoms with Gasteiger partial charge in [0, 0.05) is 11.3 Å². The molecule has 3 rings (SSSR count). The van der Waals surface area contributed by atoms with Crippen molar-refractivity contribution in [1.29, 1.82) is 0 Å². The van der Waals surface area contributed by atoms with Gasteiger partial charge in [0.2, 0.25) is 0 Å². The second-order valence-electron chi connectivity index (χ2n) is 6.98. The summed E-state index contributed by atoms with van der Waals surface area (Å²) < 4.78 is 11.0. The number of aryl methyl sites for hydroxylation is 1. The molecule has 6 nitrogen and oxygen atoms in total. The van der Waals surface area contributed by atoms with Crippen molar-refractivity contribution in [3.8, 4) is 11.5 Å². The SMILES string of the molecule is CCc1ccc(NC(=O)C(C)Oc2ccc(C(=O)Nc3ccccc3OC)cc2)cc1. The summed E-state index contributed by atoms with van der Waals surface area (Å²) in [6.07, 6.45) is 0.250. The van der Waals surface area contributed by atoms with E-state index in [1.165, 1.54) is 5.56 Å².